The lowest BCUT2D eigenvalue weighted by atomic mass is 10.0. The van der Waals surface area contributed by atoms with Gasteiger partial charge < -0.3 is 9.42 Å². The van der Waals surface area contributed by atoms with E-state index in [1.54, 1.807) is 24.1 Å². The van der Waals surface area contributed by atoms with Crippen LogP contribution in [0, 0.1) is 12.7 Å². The molecule has 1 unspecified atom stereocenters. The van der Waals surface area contributed by atoms with Crippen molar-refractivity contribution in [3.05, 3.63) is 58.3 Å². The van der Waals surface area contributed by atoms with Gasteiger partial charge in [-0.05, 0) is 44.9 Å². The summed E-state index contributed by atoms with van der Waals surface area (Å²) in [4.78, 5) is 15.3. The van der Waals surface area contributed by atoms with Crippen LogP contribution in [0.3, 0.4) is 0 Å². The molecule has 3 heterocycles. The van der Waals surface area contributed by atoms with Crippen molar-refractivity contribution >= 4 is 17.5 Å². The molecule has 1 aliphatic rings. The molecular weight excluding hydrogens is 383 g/mol. The van der Waals surface area contributed by atoms with Crippen molar-refractivity contribution in [3.63, 3.8) is 0 Å². The summed E-state index contributed by atoms with van der Waals surface area (Å²) in [7, 11) is 0. The fourth-order valence-corrected chi connectivity index (χ4v) is 4.12. The molecule has 1 atom stereocenters. The predicted molar refractivity (Wildman–Crippen MR) is 103 cm³/mol. The van der Waals surface area contributed by atoms with E-state index in [2.05, 4.69) is 10.3 Å². The highest BCUT2D eigenvalue weighted by Gasteiger charge is 2.36. The van der Waals surface area contributed by atoms with Crippen molar-refractivity contribution in [2.24, 2.45) is 0 Å². The third-order valence-corrected chi connectivity index (χ3v) is 5.50. The number of nitrogens with zero attached hydrogens (tertiary/aromatic N) is 4. The van der Waals surface area contributed by atoms with E-state index in [4.69, 9.17) is 16.1 Å². The maximum absolute atomic E-state index is 14.5. The van der Waals surface area contributed by atoms with Crippen LogP contribution in [0.2, 0.25) is 5.02 Å². The van der Waals surface area contributed by atoms with Gasteiger partial charge in [-0.3, -0.25) is 9.48 Å². The highest BCUT2D eigenvalue weighted by atomic mass is 35.5. The molecule has 8 heteroatoms. The molecule has 0 saturated carbocycles. The molecule has 146 valence electrons. The Bertz CT molecular complexity index is 1010. The Morgan fingerprint density at radius 2 is 2.21 bits per heavy atom. The molecule has 6 nitrogen and oxygen atoms in total. The Hall–Kier alpha value is -2.67. The van der Waals surface area contributed by atoms with Gasteiger partial charge in [0.25, 0.3) is 5.91 Å². The lowest BCUT2D eigenvalue weighted by Gasteiger charge is -2.25. The normalized spacial score (nSPS) is 16.7. The van der Waals surface area contributed by atoms with Crippen LogP contribution in [0.25, 0.3) is 11.3 Å². The summed E-state index contributed by atoms with van der Waals surface area (Å²) < 4.78 is 21.6. The van der Waals surface area contributed by atoms with Gasteiger partial charge >= 0.3 is 0 Å². The molecule has 0 N–H and O–H groups in total. The quantitative estimate of drug-likeness (QED) is 0.637. The smallest absolute Gasteiger partial charge is 0.260 e. The lowest BCUT2D eigenvalue weighted by Crippen LogP contribution is -2.32. The van der Waals surface area contributed by atoms with E-state index >= 15 is 0 Å². The van der Waals surface area contributed by atoms with Crippen molar-refractivity contribution in [1.82, 2.24) is 19.8 Å². The first kappa shape index (κ1) is 18.7. The minimum Gasteiger partial charge on any atom is -0.360 e. The van der Waals surface area contributed by atoms with Crippen LogP contribution in [0.4, 0.5) is 4.39 Å². The van der Waals surface area contributed by atoms with Gasteiger partial charge in [-0.15, -0.1) is 0 Å². The highest BCUT2D eigenvalue weighted by molar-refractivity contribution is 6.33. The van der Waals surface area contributed by atoms with E-state index in [1.807, 2.05) is 17.7 Å². The van der Waals surface area contributed by atoms with Crippen LogP contribution in [-0.2, 0) is 6.54 Å². The molecule has 1 fully saturated rings. The number of aryl methyl sites for hydroxylation is 2. The van der Waals surface area contributed by atoms with Gasteiger partial charge in [-0.2, -0.15) is 5.10 Å². The van der Waals surface area contributed by atoms with E-state index in [1.165, 1.54) is 12.1 Å². The largest absolute Gasteiger partial charge is 0.360 e. The highest BCUT2D eigenvalue weighted by Crippen LogP contribution is 2.38. The summed E-state index contributed by atoms with van der Waals surface area (Å²) in [5.41, 5.74) is 1.47. The van der Waals surface area contributed by atoms with Gasteiger partial charge in [0, 0.05) is 19.3 Å². The number of hydrogen-bond donors (Lipinski definition) is 0. The van der Waals surface area contributed by atoms with Gasteiger partial charge in [0.15, 0.2) is 0 Å². The third kappa shape index (κ3) is 2.99. The standard InChI is InChI=1S/C20H20ClFN4O2/c1-3-26-16(9-10-23-26)15-8-5-11-25(15)20(27)17-12(2)28-24-19(17)18-13(21)6-4-7-14(18)22/h4,6-7,9-10,15H,3,5,8,11H2,1-2H3. The van der Waals surface area contributed by atoms with Gasteiger partial charge in [-0.1, -0.05) is 22.8 Å². The van der Waals surface area contributed by atoms with Crippen LogP contribution in [0.1, 0.15) is 47.6 Å². The number of halogens is 2. The van der Waals surface area contributed by atoms with Gasteiger partial charge in [0.2, 0.25) is 0 Å². The van der Waals surface area contributed by atoms with E-state index in [9.17, 15) is 9.18 Å². The fourth-order valence-electron chi connectivity index (χ4n) is 3.87. The van der Waals surface area contributed by atoms with E-state index in [-0.39, 0.29) is 33.8 Å². The summed E-state index contributed by atoms with van der Waals surface area (Å²) in [5, 5.41) is 8.46. The van der Waals surface area contributed by atoms with E-state index in [0.717, 1.165) is 25.1 Å². The SMILES string of the molecule is CCn1nccc1C1CCCN1C(=O)c1c(-c2c(F)cccc2Cl)noc1C. The zero-order chi connectivity index (χ0) is 19.8. The number of amides is 1. The Balaban J connectivity index is 1.76. The monoisotopic (exact) mass is 402 g/mol. The molecule has 1 saturated heterocycles. The molecule has 0 aliphatic carbocycles. The van der Waals surface area contributed by atoms with Gasteiger partial charge in [0.05, 0.1) is 22.3 Å². The molecule has 3 aromatic rings. The number of aromatic nitrogens is 3. The summed E-state index contributed by atoms with van der Waals surface area (Å²) >= 11 is 6.20. The summed E-state index contributed by atoms with van der Waals surface area (Å²) in [6.45, 7) is 5.00. The van der Waals surface area contributed by atoms with Crippen molar-refractivity contribution < 1.29 is 13.7 Å². The summed E-state index contributed by atoms with van der Waals surface area (Å²) in [5.74, 6) is -0.440. The second kappa shape index (κ2) is 7.39. The maximum Gasteiger partial charge on any atom is 0.260 e. The Morgan fingerprint density at radius 3 is 2.96 bits per heavy atom. The average molecular weight is 403 g/mol. The average Bonchev–Trinajstić information content (AvgIpc) is 3.40. The number of carbonyl (C=O) groups is 1. The topological polar surface area (TPSA) is 64.2 Å². The Labute approximate surface area is 166 Å². The van der Waals surface area contributed by atoms with Crippen LogP contribution in [0.15, 0.2) is 35.0 Å². The summed E-state index contributed by atoms with van der Waals surface area (Å²) in [6, 6.07) is 6.22. The first-order chi connectivity index (χ1) is 13.5. The van der Waals surface area contributed by atoms with Crippen LogP contribution in [0.5, 0.6) is 0 Å². The predicted octanol–water partition coefficient (Wildman–Crippen LogP) is 4.64. The Kier molecular flexibility index (Phi) is 4.93. The van der Waals surface area contributed by atoms with Gasteiger partial charge in [-0.25, -0.2) is 4.39 Å². The third-order valence-electron chi connectivity index (χ3n) is 5.18. The number of hydrogen-bond acceptors (Lipinski definition) is 4. The number of rotatable bonds is 4. The lowest BCUT2D eigenvalue weighted by molar-refractivity contribution is 0.0728. The van der Waals surface area contributed by atoms with E-state index < -0.39 is 5.82 Å². The molecule has 4 rings (SSSR count). The first-order valence-electron chi connectivity index (χ1n) is 9.26. The van der Waals surface area contributed by atoms with Crippen molar-refractivity contribution in [2.75, 3.05) is 6.54 Å². The van der Waals surface area contributed by atoms with Crippen molar-refractivity contribution in [3.8, 4) is 11.3 Å². The minimum absolute atomic E-state index is 0.0821. The zero-order valence-corrected chi connectivity index (χ0v) is 16.4. The van der Waals surface area contributed by atoms with Gasteiger partial charge in [0.1, 0.15) is 22.8 Å². The molecular formula is C20H20ClFN4O2. The molecule has 28 heavy (non-hydrogen) atoms. The van der Waals surface area contributed by atoms with Crippen molar-refractivity contribution in [1.29, 1.82) is 0 Å². The number of carbonyl (C=O) groups excluding carboxylic acids is 1. The second-order valence-corrected chi connectivity index (χ2v) is 7.19. The molecule has 0 spiro atoms. The fraction of sp³-hybridized carbons (Fsp3) is 0.350. The van der Waals surface area contributed by atoms with E-state index in [0.29, 0.717) is 12.3 Å². The molecule has 0 bridgehead atoms. The molecule has 1 aliphatic heterocycles. The first-order valence-corrected chi connectivity index (χ1v) is 9.64. The molecule has 2 aromatic heterocycles. The number of benzene rings is 1. The molecule has 1 aromatic carbocycles. The maximum atomic E-state index is 14.5. The van der Waals surface area contributed by atoms with Crippen LogP contribution < -0.4 is 0 Å². The Morgan fingerprint density at radius 1 is 1.39 bits per heavy atom. The molecule has 0 radical (unpaired) electrons. The zero-order valence-electron chi connectivity index (χ0n) is 15.7. The number of likely N-dealkylation sites (tertiary alicyclic amines) is 1. The van der Waals surface area contributed by atoms with Crippen LogP contribution in [-0.4, -0.2) is 32.3 Å². The van der Waals surface area contributed by atoms with Crippen molar-refractivity contribution in [2.45, 2.75) is 39.3 Å². The minimum atomic E-state index is -0.545. The molecule has 1 amide bonds. The van der Waals surface area contributed by atoms with Crippen LogP contribution >= 0.6 is 11.6 Å². The summed E-state index contributed by atoms with van der Waals surface area (Å²) in [6.07, 6.45) is 3.47. The second-order valence-electron chi connectivity index (χ2n) is 6.79.